The molecule has 0 unspecified atom stereocenters. The number of aromatic nitrogens is 4. The minimum atomic E-state index is -0.922. The summed E-state index contributed by atoms with van der Waals surface area (Å²) in [5.41, 5.74) is 6.55. The number of ether oxygens (including phenoxy) is 2. The smallest absolute Gasteiger partial charge is 0.339 e. The second kappa shape index (κ2) is 12.0. The Balaban J connectivity index is 1.54. The standard InChI is InChI=1S/C33H36ClN5O3S/c1-6-41-32(40)28(42-33(3,4)5)26-19(2)17-25-29(27(26)21-7-9-22(34)10-8-21)43-31(38-25)24-13-16-39-30(37-24)23(18-36-39)20-11-14-35-15-12-20/h7-10,13,16-18,20,28,35H,6,11-12,14-15H2,1-5H3/t28-/m0/s1. The van der Waals surface area contributed by atoms with E-state index in [1.54, 1.807) is 18.3 Å². The number of aryl methyl sites for hydroxylation is 1. The Hall–Kier alpha value is -3.37. The number of hydrogen-bond acceptors (Lipinski definition) is 8. The first kappa shape index (κ1) is 29.7. The molecule has 10 heteroatoms. The van der Waals surface area contributed by atoms with Crippen LogP contribution in [0.3, 0.4) is 0 Å². The van der Waals surface area contributed by atoms with Gasteiger partial charge in [-0.1, -0.05) is 23.7 Å². The highest BCUT2D eigenvalue weighted by Crippen LogP contribution is 2.44. The Morgan fingerprint density at radius 2 is 1.91 bits per heavy atom. The monoisotopic (exact) mass is 617 g/mol. The fourth-order valence-electron chi connectivity index (χ4n) is 5.78. The lowest BCUT2D eigenvalue weighted by Crippen LogP contribution is -2.29. The number of carbonyl (C=O) groups is 1. The molecule has 1 aliphatic heterocycles. The molecule has 5 aromatic rings. The lowest BCUT2D eigenvalue weighted by molar-refractivity contribution is -0.166. The van der Waals surface area contributed by atoms with Crippen LogP contribution in [0.1, 0.15) is 69.2 Å². The number of nitrogens with zero attached hydrogens (tertiary/aromatic N) is 4. The Kier molecular flexibility index (Phi) is 8.26. The maximum absolute atomic E-state index is 13.4. The first-order valence-electron chi connectivity index (χ1n) is 14.7. The summed E-state index contributed by atoms with van der Waals surface area (Å²) in [5, 5.41) is 9.46. The predicted octanol–water partition coefficient (Wildman–Crippen LogP) is 7.52. The molecule has 43 heavy (non-hydrogen) atoms. The van der Waals surface area contributed by atoms with Crippen molar-refractivity contribution >= 4 is 44.8 Å². The largest absolute Gasteiger partial charge is 0.464 e. The molecule has 0 spiro atoms. The van der Waals surface area contributed by atoms with Gasteiger partial charge >= 0.3 is 5.97 Å². The van der Waals surface area contributed by atoms with E-state index in [4.69, 9.17) is 31.0 Å². The Bertz CT molecular complexity index is 1780. The number of halogens is 1. The number of fused-ring (bicyclic) bond motifs is 2. The van der Waals surface area contributed by atoms with Crippen molar-refractivity contribution in [2.45, 2.75) is 65.1 Å². The van der Waals surface area contributed by atoms with Crippen molar-refractivity contribution in [2.75, 3.05) is 19.7 Å². The molecule has 1 atom stereocenters. The third kappa shape index (κ3) is 6.04. The molecule has 0 radical (unpaired) electrons. The maximum atomic E-state index is 13.4. The van der Waals surface area contributed by atoms with Crippen LogP contribution in [-0.4, -0.2) is 50.8 Å². The van der Waals surface area contributed by atoms with Crippen LogP contribution in [-0.2, 0) is 14.3 Å². The number of piperidine rings is 1. The van der Waals surface area contributed by atoms with E-state index >= 15 is 0 Å². The SMILES string of the molecule is CCOC(=O)[C@@H](OC(C)(C)C)c1c(C)cc2nc(-c3ccn4ncc(C5CCNCC5)c4n3)sc2c1-c1ccc(Cl)cc1. The molecule has 0 amide bonds. The van der Waals surface area contributed by atoms with Gasteiger partial charge in [0.1, 0.15) is 10.7 Å². The van der Waals surface area contributed by atoms with Crippen LogP contribution in [0.5, 0.6) is 0 Å². The highest BCUT2D eigenvalue weighted by atomic mass is 35.5. The number of thiazole rings is 1. The lowest BCUT2D eigenvalue weighted by atomic mass is 9.91. The van der Waals surface area contributed by atoms with Crippen LogP contribution in [0.4, 0.5) is 0 Å². The second-order valence-electron chi connectivity index (χ2n) is 11.9. The first-order chi connectivity index (χ1) is 20.6. The third-order valence-corrected chi connectivity index (χ3v) is 9.05. The summed E-state index contributed by atoms with van der Waals surface area (Å²) in [6.45, 7) is 11.9. The van der Waals surface area contributed by atoms with Crippen molar-refractivity contribution in [3.8, 4) is 21.8 Å². The highest BCUT2D eigenvalue weighted by Gasteiger charge is 2.33. The van der Waals surface area contributed by atoms with Crippen LogP contribution >= 0.6 is 22.9 Å². The van der Waals surface area contributed by atoms with Gasteiger partial charge in [-0.25, -0.2) is 19.3 Å². The molecule has 2 aromatic carbocycles. The van der Waals surface area contributed by atoms with E-state index < -0.39 is 17.7 Å². The van der Waals surface area contributed by atoms with Crippen LogP contribution in [0, 0.1) is 6.92 Å². The van der Waals surface area contributed by atoms with Crippen molar-refractivity contribution in [3.05, 3.63) is 70.5 Å². The Morgan fingerprint density at radius 3 is 2.60 bits per heavy atom. The minimum absolute atomic E-state index is 0.257. The van der Waals surface area contributed by atoms with E-state index in [9.17, 15) is 4.79 Å². The second-order valence-corrected chi connectivity index (χ2v) is 13.4. The summed E-state index contributed by atoms with van der Waals surface area (Å²) < 4.78 is 14.7. The molecule has 0 aliphatic carbocycles. The van der Waals surface area contributed by atoms with Crippen LogP contribution < -0.4 is 5.32 Å². The molecular formula is C33H36ClN5O3S. The van der Waals surface area contributed by atoms with Gasteiger partial charge in [0.2, 0.25) is 0 Å². The topological polar surface area (TPSA) is 90.6 Å². The average molecular weight is 618 g/mol. The van der Waals surface area contributed by atoms with Crippen LogP contribution in [0.25, 0.3) is 37.7 Å². The van der Waals surface area contributed by atoms with Gasteiger partial charge in [-0.2, -0.15) is 5.10 Å². The van der Waals surface area contributed by atoms with Crippen LogP contribution in [0.15, 0.2) is 48.8 Å². The minimum Gasteiger partial charge on any atom is -0.464 e. The van der Waals surface area contributed by atoms with Crippen molar-refractivity contribution < 1.29 is 14.3 Å². The Labute approximate surface area is 260 Å². The van der Waals surface area contributed by atoms with Gasteiger partial charge in [0.05, 0.1) is 28.6 Å². The van der Waals surface area contributed by atoms with Gasteiger partial charge in [0, 0.05) is 27.9 Å². The van der Waals surface area contributed by atoms with Gasteiger partial charge in [0.25, 0.3) is 0 Å². The maximum Gasteiger partial charge on any atom is 0.339 e. The normalized spacial score (nSPS) is 15.3. The summed E-state index contributed by atoms with van der Waals surface area (Å²) in [7, 11) is 0. The van der Waals surface area contributed by atoms with Crippen molar-refractivity contribution in [1.29, 1.82) is 0 Å². The van der Waals surface area contributed by atoms with E-state index in [0.717, 1.165) is 74.8 Å². The van der Waals surface area contributed by atoms with Crippen molar-refractivity contribution in [3.63, 3.8) is 0 Å². The zero-order valence-electron chi connectivity index (χ0n) is 25.1. The summed E-state index contributed by atoms with van der Waals surface area (Å²) in [6, 6.07) is 11.7. The zero-order chi connectivity index (χ0) is 30.3. The van der Waals surface area contributed by atoms with Gasteiger partial charge in [-0.3, -0.25) is 0 Å². The molecule has 4 heterocycles. The number of nitrogens with one attached hydrogen (secondary N) is 1. The van der Waals surface area contributed by atoms with Crippen molar-refractivity contribution in [1.82, 2.24) is 24.9 Å². The fourth-order valence-corrected chi connectivity index (χ4v) is 7.01. The molecule has 3 aromatic heterocycles. The van der Waals surface area contributed by atoms with E-state index in [2.05, 4.69) is 10.4 Å². The molecule has 0 bridgehead atoms. The lowest BCUT2D eigenvalue weighted by Gasteiger charge is -2.29. The number of hydrogen-bond donors (Lipinski definition) is 1. The Morgan fingerprint density at radius 1 is 1.16 bits per heavy atom. The summed E-state index contributed by atoms with van der Waals surface area (Å²) in [4.78, 5) is 23.6. The fraction of sp³-hybridized carbons (Fsp3) is 0.394. The van der Waals surface area contributed by atoms with E-state index in [0.29, 0.717) is 10.9 Å². The molecule has 224 valence electrons. The zero-order valence-corrected chi connectivity index (χ0v) is 26.7. The van der Waals surface area contributed by atoms with E-state index in [1.165, 1.54) is 5.56 Å². The summed E-state index contributed by atoms with van der Waals surface area (Å²) in [5.74, 6) is 0.0133. The molecule has 0 saturated carbocycles. The average Bonchev–Trinajstić information content (AvgIpc) is 3.60. The number of esters is 1. The van der Waals surface area contributed by atoms with Crippen LogP contribution in [0.2, 0.25) is 5.02 Å². The first-order valence-corrected chi connectivity index (χ1v) is 15.9. The number of rotatable bonds is 7. The molecule has 1 aliphatic rings. The molecule has 6 rings (SSSR count). The van der Waals surface area contributed by atoms with Gasteiger partial charge in [0.15, 0.2) is 11.8 Å². The molecule has 1 saturated heterocycles. The van der Waals surface area contributed by atoms with E-state index in [-0.39, 0.29) is 6.61 Å². The molecule has 1 N–H and O–H groups in total. The molecule has 8 nitrogen and oxygen atoms in total. The van der Waals surface area contributed by atoms with E-state index in [1.807, 2.05) is 81.0 Å². The number of carbonyl (C=O) groups excluding carboxylic acids is 1. The van der Waals surface area contributed by atoms with Gasteiger partial charge < -0.3 is 14.8 Å². The van der Waals surface area contributed by atoms with Crippen molar-refractivity contribution in [2.24, 2.45) is 0 Å². The quantitative estimate of drug-likeness (QED) is 0.189. The van der Waals surface area contributed by atoms with Gasteiger partial charge in [-0.15, -0.1) is 11.3 Å². The third-order valence-electron chi connectivity index (χ3n) is 7.69. The molecule has 1 fully saturated rings. The summed E-state index contributed by atoms with van der Waals surface area (Å²) in [6.07, 6.45) is 5.13. The van der Waals surface area contributed by atoms with Gasteiger partial charge in [-0.05, 0) is 102 Å². The number of benzene rings is 2. The predicted molar refractivity (Wildman–Crippen MR) is 172 cm³/mol. The summed E-state index contributed by atoms with van der Waals surface area (Å²) >= 11 is 7.85. The molecular weight excluding hydrogens is 582 g/mol. The highest BCUT2D eigenvalue weighted by molar-refractivity contribution is 7.22.